The second-order valence-electron chi connectivity index (χ2n) is 3.93. The van der Waals surface area contributed by atoms with Crippen molar-refractivity contribution in [1.29, 1.82) is 0 Å². The quantitative estimate of drug-likeness (QED) is 0.900. The molecule has 0 fully saturated rings. The molecule has 0 unspecified atom stereocenters. The van der Waals surface area contributed by atoms with Crippen molar-refractivity contribution in [1.82, 2.24) is 5.16 Å². The van der Waals surface area contributed by atoms with E-state index < -0.39 is 0 Å². The van der Waals surface area contributed by atoms with Crippen molar-refractivity contribution < 1.29 is 14.1 Å². The van der Waals surface area contributed by atoms with Gasteiger partial charge in [0.25, 0.3) is 0 Å². The summed E-state index contributed by atoms with van der Waals surface area (Å²) in [6.45, 7) is 3.66. The first-order valence-corrected chi connectivity index (χ1v) is 5.56. The number of ether oxygens (including phenoxy) is 1. The van der Waals surface area contributed by atoms with Gasteiger partial charge in [-0.15, -0.1) is 0 Å². The first-order chi connectivity index (χ1) is 8.63. The molecular formula is C13H14N2O3. The van der Waals surface area contributed by atoms with Crippen LogP contribution in [0.15, 0.2) is 34.9 Å². The van der Waals surface area contributed by atoms with E-state index in [1.807, 2.05) is 13.0 Å². The fourth-order valence-electron chi connectivity index (χ4n) is 1.48. The third kappa shape index (κ3) is 3.35. The summed E-state index contributed by atoms with van der Waals surface area (Å²) < 4.78 is 10.5. The fraction of sp³-hybridized carbons (Fsp3) is 0.231. The van der Waals surface area contributed by atoms with Crippen molar-refractivity contribution in [2.45, 2.75) is 20.5 Å². The highest BCUT2D eigenvalue weighted by atomic mass is 16.5. The van der Waals surface area contributed by atoms with E-state index in [2.05, 4.69) is 10.5 Å². The number of rotatable bonds is 4. The van der Waals surface area contributed by atoms with E-state index in [0.29, 0.717) is 18.1 Å². The van der Waals surface area contributed by atoms with Gasteiger partial charge in [0.1, 0.15) is 12.4 Å². The number of hydrogen-bond donors (Lipinski definition) is 1. The van der Waals surface area contributed by atoms with Gasteiger partial charge in [0.05, 0.1) is 5.69 Å². The summed E-state index contributed by atoms with van der Waals surface area (Å²) in [4.78, 5) is 10.8. The van der Waals surface area contributed by atoms with Gasteiger partial charge in [-0.3, -0.25) is 4.79 Å². The summed E-state index contributed by atoms with van der Waals surface area (Å²) in [5.74, 6) is 1.29. The first-order valence-electron chi connectivity index (χ1n) is 5.56. The summed E-state index contributed by atoms with van der Waals surface area (Å²) in [6.07, 6.45) is 0. The Morgan fingerprint density at radius 3 is 2.67 bits per heavy atom. The lowest BCUT2D eigenvalue weighted by molar-refractivity contribution is -0.114. The standard InChI is InChI=1S/C13H14N2O3/c1-9-7-13(18-15-9)8-17-12-5-3-11(4-6-12)14-10(2)16/h3-7H,8H2,1-2H3,(H,14,16). The normalized spacial score (nSPS) is 10.1. The average molecular weight is 246 g/mol. The van der Waals surface area contributed by atoms with Crippen LogP contribution in [0.5, 0.6) is 5.75 Å². The molecule has 2 aromatic rings. The minimum Gasteiger partial charge on any atom is -0.486 e. The van der Waals surface area contributed by atoms with Gasteiger partial charge in [-0.05, 0) is 31.2 Å². The summed E-state index contributed by atoms with van der Waals surface area (Å²) in [6, 6.07) is 8.96. The van der Waals surface area contributed by atoms with Crippen LogP contribution in [-0.2, 0) is 11.4 Å². The van der Waals surface area contributed by atoms with Crippen LogP contribution >= 0.6 is 0 Å². The summed E-state index contributed by atoms with van der Waals surface area (Å²) in [5.41, 5.74) is 1.57. The number of aromatic nitrogens is 1. The molecule has 2 rings (SSSR count). The molecule has 0 aliphatic rings. The molecule has 1 heterocycles. The lowest BCUT2D eigenvalue weighted by Crippen LogP contribution is -2.05. The number of aryl methyl sites for hydroxylation is 1. The van der Waals surface area contributed by atoms with Crippen LogP contribution in [0.25, 0.3) is 0 Å². The Labute approximate surface area is 105 Å². The van der Waals surface area contributed by atoms with Gasteiger partial charge < -0.3 is 14.6 Å². The molecule has 0 bridgehead atoms. The fourth-order valence-corrected chi connectivity index (χ4v) is 1.48. The monoisotopic (exact) mass is 246 g/mol. The predicted molar refractivity (Wildman–Crippen MR) is 66.3 cm³/mol. The highest BCUT2D eigenvalue weighted by molar-refractivity contribution is 5.88. The number of nitrogens with zero attached hydrogens (tertiary/aromatic N) is 1. The predicted octanol–water partition coefficient (Wildman–Crippen LogP) is 2.52. The number of carbonyl (C=O) groups is 1. The van der Waals surface area contributed by atoms with Crippen LogP contribution in [0.2, 0.25) is 0 Å². The molecule has 18 heavy (non-hydrogen) atoms. The number of amides is 1. The molecule has 0 radical (unpaired) electrons. The molecule has 0 spiro atoms. The van der Waals surface area contributed by atoms with Crippen LogP contribution < -0.4 is 10.1 Å². The Morgan fingerprint density at radius 1 is 1.39 bits per heavy atom. The van der Waals surface area contributed by atoms with Crippen molar-refractivity contribution in [3.05, 3.63) is 41.8 Å². The number of nitrogens with one attached hydrogen (secondary N) is 1. The zero-order chi connectivity index (χ0) is 13.0. The summed E-state index contributed by atoms with van der Waals surface area (Å²) in [5, 5.41) is 6.46. The van der Waals surface area contributed by atoms with Crippen LogP contribution in [0.3, 0.4) is 0 Å². The van der Waals surface area contributed by atoms with Crippen molar-refractivity contribution in [3.63, 3.8) is 0 Å². The van der Waals surface area contributed by atoms with E-state index in [-0.39, 0.29) is 5.91 Å². The molecule has 1 aromatic carbocycles. The van der Waals surface area contributed by atoms with E-state index in [1.165, 1.54) is 6.92 Å². The number of hydrogen-bond acceptors (Lipinski definition) is 4. The molecule has 0 saturated carbocycles. The molecule has 1 amide bonds. The summed E-state index contributed by atoms with van der Waals surface area (Å²) >= 11 is 0. The second-order valence-corrected chi connectivity index (χ2v) is 3.93. The van der Waals surface area contributed by atoms with Crippen molar-refractivity contribution in [3.8, 4) is 5.75 Å². The molecule has 0 aliphatic heterocycles. The van der Waals surface area contributed by atoms with E-state index in [1.54, 1.807) is 24.3 Å². The largest absolute Gasteiger partial charge is 0.486 e. The molecular weight excluding hydrogens is 232 g/mol. The molecule has 5 heteroatoms. The van der Waals surface area contributed by atoms with Crippen LogP contribution in [0.1, 0.15) is 18.4 Å². The third-order valence-corrected chi connectivity index (χ3v) is 2.23. The lowest BCUT2D eigenvalue weighted by Gasteiger charge is -2.05. The molecule has 94 valence electrons. The van der Waals surface area contributed by atoms with E-state index in [9.17, 15) is 4.79 Å². The Bertz CT molecular complexity index is 531. The first kappa shape index (κ1) is 12.2. The van der Waals surface area contributed by atoms with E-state index >= 15 is 0 Å². The molecule has 5 nitrogen and oxygen atoms in total. The lowest BCUT2D eigenvalue weighted by atomic mass is 10.3. The highest BCUT2D eigenvalue weighted by Gasteiger charge is 2.02. The topological polar surface area (TPSA) is 64.4 Å². The Balaban J connectivity index is 1.92. The average Bonchev–Trinajstić information content (AvgIpc) is 2.74. The van der Waals surface area contributed by atoms with Gasteiger partial charge in [-0.2, -0.15) is 0 Å². The van der Waals surface area contributed by atoms with Crippen LogP contribution in [-0.4, -0.2) is 11.1 Å². The maximum absolute atomic E-state index is 10.8. The van der Waals surface area contributed by atoms with Gasteiger partial charge in [0.15, 0.2) is 5.76 Å². The Kier molecular flexibility index (Phi) is 3.62. The highest BCUT2D eigenvalue weighted by Crippen LogP contribution is 2.17. The molecule has 0 saturated heterocycles. The van der Waals surface area contributed by atoms with E-state index in [0.717, 1.165) is 11.4 Å². The van der Waals surface area contributed by atoms with Crippen LogP contribution in [0.4, 0.5) is 5.69 Å². The zero-order valence-electron chi connectivity index (χ0n) is 10.3. The van der Waals surface area contributed by atoms with Crippen LogP contribution in [0, 0.1) is 6.92 Å². The SMILES string of the molecule is CC(=O)Nc1ccc(OCc2cc(C)no2)cc1. The number of carbonyl (C=O) groups excluding carboxylic acids is 1. The number of benzene rings is 1. The van der Waals surface area contributed by atoms with E-state index in [4.69, 9.17) is 9.26 Å². The second kappa shape index (κ2) is 5.35. The van der Waals surface area contributed by atoms with Crippen molar-refractivity contribution >= 4 is 11.6 Å². The van der Waals surface area contributed by atoms with Crippen molar-refractivity contribution in [2.75, 3.05) is 5.32 Å². The maximum atomic E-state index is 10.8. The summed E-state index contributed by atoms with van der Waals surface area (Å²) in [7, 11) is 0. The maximum Gasteiger partial charge on any atom is 0.221 e. The Hall–Kier alpha value is -2.30. The smallest absolute Gasteiger partial charge is 0.221 e. The van der Waals surface area contributed by atoms with Gasteiger partial charge in [-0.1, -0.05) is 5.16 Å². The minimum absolute atomic E-state index is 0.0965. The van der Waals surface area contributed by atoms with Gasteiger partial charge in [0.2, 0.25) is 5.91 Å². The van der Waals surface area contributed by atoms with Gasteiger partial charge in [-0.25, -0.2) is 0 Å². The molecule has 1 aromatic heterocycles. The number of anilines is 1. The Morgan fingerprint density at radius 2 is 2.11 bits per heavy atom. The van der Waals surface area contributed by atoms with Crippen molar-refractivity contribution in [2.24, 2.45) is 0 Å². The zero-order valence-corrected chi connectivity index (χ0v) is 10.3. The van der Waals surface area contributed by atoms with Gasteiger partial charge >= 0.3 is 0 Å². The molecule has 0 atom stereocenters. The molecule has 1 N–H and O–H groups in total. The third-order valence-electron chi connectivity index (χ3n) is 2.23. The molecule has 0 aliphatic carbocycles. The van der Waals surface area contributed by atoms with Gasteiger partial charge in [0, 0.05) is 18.7 Å². The minimum atomic E-state index is -0.0965.